The van der Waals surface area contributed by atoms with Gasteiger partial charge in [0, 0.05) is 6.04 Å². The van der Waals surface area contributed by atoms with Crippen molar-refractivity contribution < 1.29 is 9.59 Å². The molecule has 2 atom stereocenters. The molecule has 2 fully saturated rings. The zero-order chi connectivity index (χ0) is 11.9. The maximum atomic E-state index is 12.3. The highest BCUT2D eigenvalue weighted by molar-refractivity contribution is 5.97. The standard InChI is InChI=1S/C12H20N2O2/c1-4-9-11(15)13-10(8-5-6-8)12(16)14(9)7(2)3/h7-10H,4-6H2,1-3H3,(H,13,15). The van der Waals surface area contributed by atoms with Crippen LogP contribution in [0, 0.1) is 5.92 Å². The van der Waals surface area contributed by atoms with E-state index in [1.54, 1.807) is 4.90 Å². The Balaban J connectivity index is 2.21. The maximum Gasteiger partial charge on any atom is 0.246 e. The lowest BCUT2D eigenvalue weighted by Gasteiger charge is -2.41. The van der Waals surface area contributed by atoms with E-state index in [0.717, 1.165) is 12.8 Å². The Morgan fingerprint density at radius 3 is 2.44 bits per heavy atom. The van der Waals surface area contributed by atoms with Crippen molar-refractivity contribution in [1.82, 2.24) is 10.2 Å². The third-order valence-corrected chi connectivity index (χ3v) is 3.49. The molecule has 1 saturated heterocycles. The van der Waals surface area contributed by atoms with Crippen molar-refractivity contribution in [2.45, 2.75) is 58.2 Å². The molecule has 2 rings (SSSR count). The molecular formula is C12H20N2O2. The number of piperazine rings is 1. The lowest BCUT2D eigenvalue weighted by Crippen LogP contribution is -2.65. The Morgan fingerprint density at radius 2 is 2.00 bits per heavy atom. The zero-order valence-corrected chi connectivity index (χ0v) is 10.2. The minimum Gasteiger partial charge on any atom is -0.342 e. The number of hydrogen-bond acceptors (Lipinski definition) is 2. The minimum atomic E-state index is -0.275. The molecule has 0 aromatic carbocycles. The fourth-order valence-corrected chi connectivity index (χ4v) is 2.50. The van der Waals surface area contributed by atoms with Crippen LogP contribution in [-0.2, 0) is 9.59 Å². The number of nitrogens with zero attached hydrogens (tertiary/aromatic N) is 1. The Hall–Kier alpha value is -1.06. The summed E-state index contributed by atoms with van der Waals surface area (Å²) in [6, 6.07) is -0.426. The summed E-state index contributed by atoms with van der Waals surface area (Å²) in [5.74, 6) is 0.521. The summed E-state index contributed by atoms with van der Waals surface area (Å²) in [5, 5.41) is 2.88. The van der Waals surface area contributed by atoms with Crippen molar-refractivity contribution in [2.24, 2.45) is 5.92 Å². The van der Waals surface area contributed by atoms with E-state index in [1.165, 1.54) is 0 Å². The van der Waals surface area contributed by atoms with Crippen LogP contribution < -0.4 is 5.32 Å². The molecule has 1 aliphatic heterocycles. The second-order valence-electron chi connectivity index (χ2n) is 5.09. The molecule has 0 bridgehead atoms. The van der Waals surface area contributed by atoms with E-state index >= 15 is 0 Å². The van der Waals surface area contributed by atoms with Crippen molar-refractivity contribution in [3.63, 3.8) is 0 Å². The molecule has 1 aliphatic carbocycles. The summed E-state index contributed by atoms with van der Waals surface area (Å²) in [4.78, 5) is 26.0. The number of hydrogen-bond donors (Lipinski definition) is 1. The average Bonchev–Trinajstić information content (AvgIpc) is 3.03. The molecule has 0 aromatic rings. The lowest BCUT2D eigenvalue weighted by molar-refractivity contribution is -0.152. The van der Waals surface area contributed by atoms with Crippen LogP contribution in [0.2, 0.25) is 0 Å². The Kier molecular flexibility index (Phi) is 2.91. The Morgan fingerprint density at radius 1 is 1.38 bits per heavy atom. The second-order valence-corrected chi connectivity index (χ2v) is 5.09. The maximum absolute atomic E-state index is 12.3. The molecule has 4 nitrogen and oxygen atoms in total. The van der Waals surface area contributed by atoms with Crippen molar-refractivity contribution in [2.75, 3.05) is 0 Å². The smallest absolute Gasteiger partial charge is 0.246 e. The van der Waals surface area contributed by atoms with Gasteiger partial charge in [-0.2, -0.15) is 0 Å². The summed E-state index contributed by atoms with van der Waals surface area (Å²) in [6.45, 7) is 5.90. The molecule has 16 heavy (non-hydrogen) atoms. The van der Waals surface area contributed by atoms with Crippen LogP contribution in [-0.4, -0.2) is 34.8 Å². The van der Waals surface area contributed by atoms with Gasteiger partial charge in [-0.05, 0) is 39.0 Å². The van der Waals surface area contributed by atoms with Gasteiger partial charge in [-0.15, -0.1) is 0 Å². The van der Waals surface area contributed by atoms with Gasteiger partial charge < -0.3 is 10.2 Å². The molecule has 2 aliphatic rings. The van der Waals surface area contributed by atoms with Gasteiger partial charge in [-0.25, -0.2) is 0 Å². The molecule has 0 aromatic heterocycles. The molecule has 90 valence electrons. The SMILES string of the molecule is CCC1C(=O)NC(C2CC2)C(=O)N1C(C)C. The first-order valence-electron chi connectivity index (χ1n) is 6.18. The van der Waals surface area contributed by atoms with Crippen LogP contribution >= 0.6 is 0 Å². The number of carbonyl (C=O) groups is 2. The summed E-state index contributed by atoms with van der Waals surface area (Å²) in [6.07, 6.45) is 2.83. The van der Waals surface area contributed by atoms with Gasteiger partial charge >= 0.3 is 0 Å². The summed E-state index contributed by atoms with van der Waals surface area (Å²) >= 11 is 0. The van der Waals surface area contributed by atoms with E-state index < -0.39 is 0 Å². The monoisotopic (exact) mass is 224 g/mol. The molecule has 0 radical (unpaired) electrons. The third-order valence-electron chi connectivity index (χ3n) is 3.49. The van der Waals surface area contributed by atoms with Crippen LogP contribution in [0.25, 0.3) is 0 Å². The van der Waals surface area contributed by atoms with Gasteiger partial charge in [0.25, 0.3) is 0 Å². The normalized spacial score (nSPS) is 30.9. The van der Waals surface area contributed by atoms with Crippen LogP contribution in [0.1, 0.15) is 40.0 Å². The third kappa shape index (κ3) is 1.81. The number of rotatable bonds is 3. The number of nitrogens with one attached hydrogen (secondary N) is 1. The predicted octanol–water partition coefficient (Wildman–Crippen LogP) is 0.910. The molecule has 1 N–H and O–H groups in total. The van der Waals surface area contributed by atoms with E-state index in [4.69, 9.17) is 0 Å². The highest BCUT2D eigenvalue weighted by Crippen LogP contribution is 2.35. The van der Waals surface area contributed by atoms with E-state index in [1.807, 2.05) is 20.8 Å². The molecule has 2 unspecified atom stereocenters. The minimum absolute atomic E-state index is 0.0210. The summed E-state index contributed by atoms with van der Waals surface area (Å²) < 4.78 is 0. The van der Waals surface area contributed by atoms with Gasteiger partial charge in [0.15, 0.2) is 0 Å². The first kappa shape index (κ1) is 11.4. The van der Waals surface area contributed by atoms with E-state index in [9.17, 15) is 9.59 Å². The fourth-order valence-electron chi connectivity index (χ4n) is 2.50. The highest BCUT2D eigenvalue weighted by atomic mass is 16.2. The van der Waals surface area contributed by atoms with E-state index in [2.05, 4.69) is 5.32 Å². The van der Waals surface area contributed by atoms with Crippen LogP contribution in [0.4, 0.5) is 0 Å². The molecule has 1 heterocycles. The number of amides is 2. The molecule has 0 spiro atoms. The van der Waals surface area contributed by atoms with Gasteiger partial charge in [-0.1, -0.05) is 6.92 Å². The molecule has 1 saturated carbocycles. The zero-order valence-electron chi connectivity index (χ0n) is 10.2. The first-order valence-corrected chi connectivity index (χ1v) is 6.18. The molecular weight excluding hydrogens is 204 g/mol. The van der Waals surface area contributed by atoms with Gasteiger partial charge in [0.1, 0.15) is 12.1 Å². The van der Waals surface area contributed by atoms with Gasteiger partial charge in [0.2, 0.25) is 11.8 Å². The topological polar surface area (TPSA) is 49.4 Å². The second kappa shape index (κ2) is 4.07. The molecule has 2 amide bonds. The van der Waals surface area contributed by atoms with E-state index in [0.29, 0.717) is 12.3 Å². The van der Waals surface area contributed by atoms with E-state index in [-0.39, 0.29) is 29.9 Å². The number of carbonyl (C=O) groups excluding carboxylic acids is 2. The largest absolute Gasteiger partial charge is 0.342 e. The molecule has 4 heteroatoms. The van der Waals surface area contributed by atoms with Crippen LogP contribution in [0.5, 0.6) is 0 Å². The van der Waals surface area contributed by atoms with Crippen molar-refractivity contribution >= 4 is 11.8 Å². The first-order chi connectivity index (χ1) is 7.56. The van der Waals surface area contributed by atoms with Crippen LogP contribution in [0.3, 0.4) is 0 Å². The van der Waals surface area contributed by atoms with Crippen molar-refractivity contribution in [1.29, 1.82) is 0 Å². The summed E-state index contributed by atoms with van der Waals surface area (Å²) in [7, 11) is 0. The van der Waals surface area contributed by atoms with Crippen LogP contribution in [0.15, 0.2) is 0 Å². The lowest BCUT2D eigenvalue weighted by atomic mass is 10.0. The van der Waals surface area contributed by atoms with Crippen molar-refractivity contribution in [3.8, 4) is 0 Å². The average molecular weight is 224 g/mol. The summed E-state index contributed by atoms with van der Waals surface area (Å²) in [5.41, 5.74) is 0. The predicted molar refractivity (Wildman–Crippen MR) is 60.7 cm³/mol. The Labute approximate surface area is 96.4 Å². The quantitative estimate of drug-likeness (QED) is 0.774. The highest BCUT2D eigenvalue weighted by Gasteiger charge is 2.46. The van der Waals surface area contributed by atoms with Crippen molar-refractivity contribution in [3.05, 3.63) is 0 Å². The fraction of sp³-hybridized carbons (Fsp3) is 0.833. The van der Waals surface area contributed by atoms with Gasteiger partial charge in [-0.3, -0.25) is 9.59 Å². The van der Waals surface area contributed by atoms with Gasteiger partial charge in [0.05, 0.1) is 0 Å². The Bertz CT molecular complexity index is 310.